The third kappa shape index (κ3) is 7.21. The minimum absolute atomic E-state index is 0.105. The van der Waals surface area contributed by atoms with Crippen molar-refractivity contribution in [3.8, 4) is 0 Å². The van der Waals surface area contributed by atoms with Crippen LogP contribution in [0.5, 0.6) is 0 Å². The van der Waals surface area contributed by atoms with Gasteiger partial charge in [-0.05, 0) is 51.5 Å². The average Bonchev–Trinajstić information content (AvgIpc) is 2.64. The number of hydrogen-bond acceptors (Lipinski definition) is 4. The zero-order valence-electron chi connectivity index (χ0n) is 16.6. The molecule has 1 fully saturated rings. The maximum absolute atomic E-state index is 12.3. The van der Waals surface area contributed by atoms with Gasteiger partial charge in [-0.2, -0.15) is 0 Å². The summed E-state index contributed by atoms with van der Waals surface area (Å²) in [6.07, 6.45) is 1.68. The third-order valence-corrected chi connectivity index (χ3v) is 4.72. The van der Waals surface area contributed by atoms with Crippen molar-refractivity contribution in [3.63, 3.8) is 0 Å². The smallest absolute Gasteiger partial charge is 0.407 e. The predicted octanol–water partition coefficient (Wildman–Crippen LogP) is 3.26. The molecule has 0 aromatic heterocycles. The Morgan fingerprint density at radius 3 is 2.44 bits per heavy atom. The van der Waals surface area contributed by atoms with Crippen molar-refractivity contribution in [2.45, 2.75) is 58.2 Å². The molecule has 6 heteroatoms. The Kier molecular flexibility index (Phi) is 7.66. The fourth-order valence-electron chi connectivity index (χ4n) is 3.29. The second kappa shape index (κ2) is 9.74. The Bertz CT molecular complexity index is 604. The molecule has 0 radical (unpaired) electrons. The van der Waals surface area contributed by atoms with E-state index in [4.69, 9.17) is 4.74 Å². The van der Waals surface area contributed by atoms with Gasteiger partial charge in [-0.25, -0.2) is 4.79 Å². The van der Waals surface area contributed by atoms with E-state index in [0.717, 1.165) is 18.4 Å². The number of benzene rings is 1. The number of rotatable bonds is 6. The van der Waals surface area contributed by atoms with E-state index in [1.165, 1.54) is 0 Å². The SMILES string of the molecule is CC(C)(C)OC(=O)NCCCC(=O)N1CCC(C(O)c2ccccc2)CC1. The van der Waals surface area contributed by atoms with Crippen molar-refractivity contribution in [1.29, 1.82) is 0 Å². The van der Waals surface area contributed by atoms with Crippen molar-refractivity contribution < 1.29 is 19.4 Å². The predicted molar refractivity (Wildman–Crippen MR) is 104 cm³/mol. The van der Waals surface area contributed by atoms with E-state index in [1.807, 2.05) is 56.0 Å². The lowest BCUT2D eigenvalue weighted by Crippen LogP contribution is -2.40. The van der Waals surface area contributed by atoms with Gasteiger partial charge in [0.2, 0.25) is 5.91 Å². The van der Waals surface area contributed by atoms with Crippen LogP contribution < -0.4 is 5.32 Å². The highest BCUT2D eigenvalue weighted by atomic mass is 16.6. The molecule has 2 amide bonds. The van der Waals surface area contributed by atoms with Gasteiger partial charge in [-0.3, -0.25) is 4.79 Å². The fraction of sp³-hybridized carbons (Fsp3) is 0.619. The second-order valence-electron chi connectivity index (χ2n) is 8.11. The van der Waals surface area contributed by atoms with E-state index < -0.39 is 17.8 Å². The molecular weight excluding hydrogens is 344 g/mol. The maximum Gasteiger partial charge on any atom is 0.407 e. The first-order chi connectivity index (χ1) is 12.8. The lowest BCUT2D eigenvalue weighted by molar-refractivity contribution is -0.133. The monoisotopic (exact) mass is 376 g/mol. The molecule has 2 rings (SSSR count). The first kappa shape index (κ1) is 21.2. The Balaban J connectivity index is 1.65. The summed E-state index contributed by atoms with van der Waals surface area (Å²) in [5.74, 6) is 0.291. The first-order valence-electron chi connectivity index (χ1n) is 9.74. The molecule has 1 atom stereocenters. The van der Waals surface area contributed by atoms with Gasteiger partial charge in [0, 0.05) is 26.1 Å². The Labute approximate surface area is 161 Å². The fourth-order valence-corrected chi connectivity index (χ4v) is 3.29. The number of nitrogens with one attached hydrogen (secondary N) is 1. The molecule has 1 aliphatic heterocycles. The lowest BCUT2D eigenvalue weighted by atomic mass is 9.87. The van der Waals surface area contributed by atoms with E-state index in [-0.39, 0.29) is 11.8 Å². The number of ether oxygens (including phenoxy) is 1. The molecule has 2 N–H and O–H groups in total. The Morgan fingerprint density at radius 2 is 1.85 bits per heavy atom. The van der Waals surface area contributed by atoms with Gasteiger partial charge >= 0.3 is 6.09 Å². The van der Waals surface area contributed by atoms with Crippen LogP contribution in [0, 0.1) is 5.92 Å². The second-order valence-corrected chi connectivity index (χ2v) is 8.11. The molecule has 1 heterocycles. The highest BCUT2D eigenvalue weighted by Crippen LogP contribution is 2.30. The molecule has 1 aliphatic rings. The summed E-state index contributed by atoms with van der Waals surface area (Å²) < 4.78 is 5.16. The molecular formula is C21H32N2O4. The van der Waals surface area contributed by atoms with Gasteiger partial charge in [0.05, 0.1) is 6.10 Å². The van der Waals surface area contributed by atoms with Gasteiger partial charge in [0.25, 0.3) is 0 Å². The Morgan fingerprint density at radius 1 is 1.22 bits per heavy atom. The highest BCUT2D eigenvalue weighted by Gasteiger charge is 2.28. The van der Waals surface area contributed by atoms with Crippen LogP contribution in [0.15, 0.2) is 30.3 Å². The molecule has 0 aliphatic carbocycles. The number of piperidine rings is 1. The molecule has 1 aromatic carbocycles. The van der Waals surface area contributed by atoms with Crippen molar-refractivity contribution in [2.75, 3.05) is 19.6 Å². The van der Waals surface area contributed by atoms with E-state index in [1.54, 1.807) is 0 Å². The van der Waals surface area contributed by atoms with Crippen molar-refractivity contribution in [2.24, 2.45) is 5.92 Å². The molecule has 1 unspecified atom stereocenters. The van der Waals surface area contributed by atoms with E-state index in [2.05, 4.69) is 5.32 Å². The first-order valence-corrected chi connectivity index (χ1v) is 9.74. The molecule has 27 heavy (non-hydrogen) atoms. The van der Waals surface area contributed by atoms with Crippen LogP contribution in [0.25, 0.3) is 0 Å². The summed E-state index contributed by atoms with van der Waals surface area (Å²) in [5, 5.41) is 13.2. The number of carbonyl (C=O) groups is 2. The molecule has 0 bridgehead atoms. The van der Waals surface area contributed by atoms with Crippen LogP contribution >= 0.6 is 0 Å². The van der Waals surface area contributed by atoms with Crippen LogP contribution in [0.2, 0.25) is 0 Å². The summed E-state index contributed by atoms with van der Waals surface area (Å²) >= 11 is 0. The number of amides is 2. The molecule has 1 saturated heterocycles. The van der Waals surface area contributed by atoms with Crippen molar-refractivity contribution in [1.82, 2.24) is 10.2 Å². The van der Waals surface area contributed by atoms with Crippen LogP contribution in [-0.2, 0) is 9.53 Å². The molecule has 1 aromatic rings. The molecule has 0 spiro atoms. The number of carbonyl (C=O) groups excluding carboxylic acids is 2. The zero-order chi connectivity index (χ0) is 19.9. The molecule has 6 nitrogen and oxygen atoms in total. The quantitative estimate of drug-likeness (QED) is 0.747. The number of aliphatic hydroxyl groups excluding tert-OH is 1. The van der Waals surface area contributed by atoms with Gasteiger partial charge < -0.3 is 20.1 Å². The highest BCUT2D eigenvalue weighted by molar-refractivity contribution is 5.76. The average molecular weight is 376 g/mol. The maximum atomic E-state index is 12.3. The number of nitrogens with zero attached hydrogens (tertiary/aromatic N) is 1. The number of aliphatic hydroxyl groups is 1. The number of alkyl carbamates (subject to hydrolysis) is 1. The van der Waals surface area contributed by atoms with Gasteiger partial charge in [-0.15, -0.1) is 0 Å². The summed E-state index contributed by atoms with van der Waals surface area (Å²) in [6, 6.07) is 9.69. The van der Waals surface area contributed by atoms with Gasteiger partial charge in [-0.1, -0.05) is 30.3 Å². The number of likely N-dealkylation sites (tertiary alicyclic amines) is 1. The lowest BCUT2D eigenvalue weighted by Gasteiger charge is -2.34. The van der Waals surface area contributed by atoms with Crippen LogP contribution in [0.1, 0.15) is 58.1 Å². The van der Waals surface area contributed by atoms with E-state index in [9.17, 15) is 14.7 Å². The summed E-state index contributed by atoms with van der Waals surface area (Å²) in [6.45, 7) is 7.21. The van der Waals surface area contributed by atoms with Gasteiger partial charge in [0.15, 0.2) is 0 Å². The van der Waals surface area contributed by atoms with Crippen LogP contribution in [-0.4, -0.2) is 47.2 Å². The normalized spacial score (nSPS) is 16.7. The summed E-state index contributed by atoms with van der Waals surface area (Å²) in [5.41, 5.74) is 0.421. The molecule has 0 saturated carbocycles. The standard InChI is InChI=1S/C21H32N2O4/c1-21(2,3)27-20(26)22-13-7-10-18(24)23-14-11-17(12-15-23)19(25)16-8-5-4-6-9-16/h4-6,8-9,17,19,25H,7,10-15H2,1-3H3,(H,22,26). The third-order valence-electron chi connectivity index (χ3n) is 4.72. The Hall–Kier alpha value is -2.08. The van der Waals surface area contributed by atoms with Gasteiger partial charge in [0.1, 0.15) is 5.60 Å². The van der Waals surface area contributed by atoms with Crippen LogP contribution in [0.4, 0.5) is 4.79 Å². The topological polar surface area (TPSA) is 78.9 Å². The molecule has 150 valence electrons. The summed E-state index contributed by atoms with van der Waals surface area (Å²) in [4.78, 5) is 25.8. The minimum atomic E-state index is -0.519. The van der Waals surface area contributed by atoms with Crippen molar-refractivity contribution in [3.05, 3.63) is 35.9 Å². The summed E-state index contributed by atoms with van der Waals surface area (Å²) in [7, 11) is 0. The number of hydrogen-bond donors (Lipinski definition) is 2. The minimum Gasteiger partial charge on any atom is -0.444 e. The van der Waals surface area contributed by atoms with Crippen LogP contribution in [0.3, 0.4) is 0 Å². The van der Waals surface area contributed by atoms with E-state index >= 15 is 0 Å². The largest absolute Gasteiger partial charge is 0.444 e. The zero-order valence-corrected chi connectivity index (χ0v) is 16.6. The van der Waals surface area contributed by atoms with E-state index in [0.29, 0.717) is 32.5 Å². The van der Waals surface area contributed by atoms with Crippen molar-refractivity contribution >= 4 is 12.0 Å².